The van der Waals surface area contributed by atoms with Crippen LogP contribution >= 0.6 is 0 Å². The molecule has 1 N–H and O–H groups in total. The molecule has 3 aliphatic rings. The third kappa shape index (κ3) is 5.83. The van der Waals surface area contributed by atoms with Crippen LogP contribution in [0.25, 0.3) is 0 Å². The molecule has 9 heteroatoms. The Bertz CT molecular complexity index is 1140. The smallest absolute Gasteiger partial charge is 0.253 e. The number of hydrogen-bond acceptors (Lipinski definition) is 7. The fourth-order valence-electron chi connectivity index (χ4n) is 5.68. The van der Waals surface area contributed by atoms with Gasteiger partial charge in [-0.15, -0.1) is 0 Å². The molecular formula is C29H37N3O6. The van der Waals surface area contributed by atoms with E-state index in [4.69, 9.17) is 18.9 Å². The van der Waals surface area contributed by atoms with Gasteiger partial charge in [-0.3, -0.25) is 9.59 Å². The Morgan fingerprint density at radius 2 is 1.63 bits per heavy atom. The second-order valence-corrected chi connectivity index (χ2v) is 10.1. The molecule has 2 fully saturated rings. The molecular weight excluding hydrogens is 486 g/mol. The number of benzene rings is 2. The Morgan fingerprint density at radius 1 is 0.895 bits per heavy atom. The van der Waals surface area contributed by atoms with E-state index in [0.717, 1.165) is 63.8 Å². The van der Waals surface area contributed by atoms with Crippen LogP contribution in [0.3, 0.4) is 0 Å². The van der Waals surface area contributed by atoms with Gasteiger partial charge in [0.15, 0.2) is 23.0 Å². The summed E-state index contributed by atoms with van der Waals surface area (Å²) in [5, 5.41) is 3.12. The molecule has 0 aromatic heterocycles. The molecule has 9 nitrogen and oxygen atoms in total. The van der Waals surface area contributed by atoms with Crippen LogP contribution in [0.4, 0.5) is 0 Å². The first kappa shape index (κ1) is 26.2. The number of nitrogens with one attached hydrogen (secondary N) is 1. The molecule has 2 aromatic rings. The van der Waals surface area contributed by atoms with Crippen LogP contribution in [0.15, 0.2) is 36.4 Å². The molecule has 0 bridgehead atoms. The van der Waals surface area contributed by atoms with E-state index in [1.807, 2.05) is 29.2 Å². The summed E-state index contributed by atoms with van der Waals surface area (Å²) in [6.45, 7) is 4.15. The second-order valence-electron chi connectivity index (χ2n) is 10.1. The van der Waals surface area contributed by atoms with Gasteiger partial charge < -0.3 is 34.1 Å². The topological polar surface area (TPSA) is 89.6 Å². The molecule has 2 amide bonds. The van der Waals surface area contributed by atoms with E-state index in [2.05, 4.69) is 10.2 Å². The lowest BCUT2D eigenvalue weighted by atomic mass is 9.92. The number of fused-ring (bicyclic) bond motifs is 1. The van der Waals surface area contributed by atoms with Crippen molar-refractivity contribution in [3.63, 3.8) is 0 Å². The molecule has 0 radical (unpaired) electrons. The monoisotopic (exact) mass is 523 g/mol. The normalized spacial score (nSPS) is 18.3. The predicted octanol–water partition coefficient (Wildman–Crippen LogP) is 3.11. The molecule has 5 rings (SSSR count). The van der Waals surface area contributed by atoms with E-state index in [-0.39, 0.29) is 24.5 Å². The number of carbonyl (C=O) groups is 2. The zero-order valence-corrected chi connectivity index (χ0v) is 22.2. The fourth-order valence-corrected chi connectivity index (χ4v) is 5.68. The van der Waals surface area contributed by atoms with Crippen molar-refractivity contribution in [2.45, 2.75) is 38.1 Å². The fraction of sp³-hybridized carbons (Fsp3) is 0.517. The number of rotatable bonds is 8. The van der Waals surface area contributed by atoms with Gasteiger partial charge in [0.05, 0.1) is 14.2 Å². The molecule has 0 spiro atoms. The summed E-state index contributed by atoms with van der Waals surface area (Å²) in [4.78, 5) is 30.2. The first-order chi connectivity index (χ1) is 18.6. The Morgan fingerprint density at radius 3 is 2.37 bits per heavy atom. The maximum atomic E-state index is 13.0. The van der Waals surface area contributed by atoms with Crippen LogP contribution < -0.4 is 24.3 Å². The number of methoxy groups -OCH3 is 2. The van der Waals surface area contributed by atoms with E-state index < -0.39 is 0 Å². The van der Waals surface area contributed by atoms with Gasteiger partial charge in [-0.25, -0.2) is 0 Å². The summed E-state index contributed by atoms with van der Waals surface area (Å²) in [6, 6.07) is 11.7. The van der Waals surface area contributed by atoms with Crippen molar-refractivity contribution in [2.24, 2.45) is 5.92 Å². The SMILES string of the molecule is COc1ccc(CCNC(=O)C2CCN(C3CCN(C(=O)c4ccc5c(c4)OCO5)CC3)CC2)cc1OC. The van der Waals surface area contributed by atoms with Gasteiger partial charge >= 0.3 is 0 Å². The lowest BCUT2D eigenvalue weighted by Gasteiger charge is -2.41. The number of nitrogens with zero attached hydrogens (tertiary/aromatic N) is 2. The molecule has 0 unspecified atom stereocenters. The van der Waals surface area contributed by atoms with Crippen LogP contribution in [0.1, 0.15) is 41.6 Å². The third-order valence-corrected chi connectivity index (χ3v) is 7.95. The molecule has 0 atom stereocenters. The van der Waals surface area contributed by atoms with Crippen LogP contribution in [0.2, 0.25) is 0 Å². The average Bonchev–Trinajstić information content (AvgIpc) is 3.45. The Balaban J connectivity index is 1.03. The number of piperidine rings is 2. The summed E-state index contributed by atoms with van der Waals surface area (Å²) in [6.07, 6.45) is 4.41. The van der Waals surface area contributed by atoms with Crippen molar-refractivity contribution in [3.8, 4) is 23.0 Å². The summed E-state index contributed by atoms with van der Waals surface area (Å²) in [5.74, 6) is 2.98. The van der Waals surface area contributed by atoms with Crippen LogP contribution in [-0.4, -0.2) is 81.4 Å². The van der Waals surface area contributed by atoms with E-state index in [1.54, 1.807) is 26.4 Å². The summed E-state index contributed by atoms with van der Waals surface area (Å²) in [7, 11) is 3.25. The minimum Gasteiger partial charge on any atom is -0.493 e. The summed E-state index contributed by atoms with van der Waals surface area (Å²) < 4.78 is 21.4. The standard InChI is InChI=1S/C29H37N3O6/c1-35-24-5-3-20(17-26(24)36-2)7-12-30-28(33)21-8-13-31(14-9-21)23-10-15-32(16-11-23)29(34)22-4-6-25-27(18-22)38-19-37-25/h3-6,17-18,21,23H,7-16,19H2,1-2H3,(H,30,33). The summed E-state index contributed by atoms with van der Waals surface area (Å²) >= 11 is 0. The molecule has 2 saturated heterocycles. The quantitative estimate of drug-likeness (QED) is 0.569. The number of likely N-dealkylation sites (tertiary alicyclic amines) is 2. The zero-order valence-electron chi connectivity index (χ0n) is 22.2. The molecule has 38 heavy (non-hydrogen) atoms. The first-order valence-corrected chi connectivity index (χ1v) is 13.5. The van der Waals surface area contributed by atoms with Crippen LogP contribution in [0.5, 0.6) is 23.0 Å². The van der Waals surface area contributed by atoms with Gasteiger partial charge in [0, 0.05) is 37.2 Å². The van der Waals surface area contributed by atoms with Gasteiger partial charge in [-0.1, -0.05) is 6.07 Å². The van der Waals surface area contributed by atoms with E-state index in [0.29, 0.717) is 41.1 Å². The second kappa shape index (κ2) is 11.9. The molecule has 0 aliphatic carbocycles. The number of hydrogen-bond donors (Lipinski definition) is 1. The van der Waals surface area contributed by atoms with Crippen LogP contribution in [0, 0.1) is 5.92 Å². The predicted molar refractivity (Wildman–Crippen MR) is 142 cm³/mol. The largest absolute Gasteiger partial charge is 0.493 e. The minimum absolute atomic E-state index is 0.0465. The van der Waals surface area contributed by atoms with E-state index >= 15 is 0 Å². The van der Waals surface area contributed by atoms with Crippen LogP contribution in [-0.2, 0) is 11.2 Å². The Kier molecular flexibility index (Phi) is 8.22. The van der Waals surface area contributed by atoms with Crippen molar-refractivity contribution in [2.75, 3.05) is 53.7 Å². The minimum atomic E-state index is 0.0465. The van der Waals surface area contributed by atoms with Crippen molar-refractivity contribution >= 4 is 11.8 Å². The molecule has 2 aromatic carbocycles. The van der Waals surface area contributed by atoms with Gasteiger partial charge in [0.2, 0.25) is 12.7 Å². The van der Waals surface area contributed by atoms with E-state index in [1.165, 1.54) is 0 Å². The molecule has 204 valence electrons. The maximum Gasteiger partial charge on any atom is 0.253 e. The number of carbonyl (C=O) groups excluding carboxylic acids is 2. The third-order valence-electron chi connectivity index (χ3n) is 7.95. The number of ether oxygens (including phenoxy) is 4. The van der Waals surface area contributed by atoms with E-state index in [9.17, 15) is 9.59 Å². The van der Waals surface area contributed by atoms with Crippen molar-refractivity contribution < 1.29 is 28.5 Å². The first-order valence-electron chi connectivity index (χ1n) is 13.5. The zero-order chi connectivity index (χ0) is 26.5. The van der Waals surface area contributed by atoms with Crippen molar-refractivity contribution in [1.29, 1.82) is 0 Å². The number of amides is 2. The molecule has 0 saturated carbocycles. The molecule has 3 heterocycles. The highest BCUT2D eigenvalue weighted by molar-refractivity contribution is 5.95. The van der Waals surface area contributed by atoms with Gasteiger partial charge in [0.25, 0.3) is 5.91 Å². The van der Waals surface area contributed by atoms with Crippen molar-refractivity contribution in [3.05, 3.63) is 47.5 Å². The lowest BCUT2D eigenvalue weighted by Crippen LogP contribution is -2.50. The Hall–Kier alpha value is -3.46. The Labute approximate surface area is 224 Å². The highest BCUT2D eigenvalue weighted by Gasteiger charge is 2.32. The molecule has 3 aliphatic heterocycles. The van der Waals surface area contributed by atoms with Gasteiger partial charge in [-0.05, 0) is 81.1 Å². The summed E-state index contributed by atoms with van der Waals surface area (Å²) in [5.41, 5.74) is 1.74. The highest BCUT2D eigenvalue weighted by Crippen LogP contribution is 2.33. The van der Waals surface area contributed by atoms with Gasteiger partial charge in [-0.2, -0.15) is 0 Å². The highest BCUT2D eigenvalue weighted by atomic mass is 16.7. The maximum absolute atomic E-state index is 13.0. The lowest BCUT2D eigenvalue weighted by molar-refractivity contribution is -0.126. The average molecular weight is 524 g/mol. The van der Waals surface area contributed by atoms with Crippen molar-refractivity contribution in [1.82, 2.24) is 15.1 Å². The van der Waals surface area contributed by atoms with Gasteiger partial charge in [0.1, 0.15) is 0 Å².